The van der Waals surface area contributed by atoms with Crippen LogP contribution in [0.2, 0.25) is 0 Å². The summed E-state index contributed by atoms with van der Waals surface area (Å²) in [6.07, 6.45) is 3.57. The van der Waals surface area contributed by atoms with E-state index < -0.39 is 11.2 Å². The topological polar surface area (TPSA) is 112 Å². The summed E-state index contributed by atoms with van der Waals surface area (Å²) in [7, 11) is 0. The van der Waals surface area contributed by atoms with Gasteiger partial charge in [-0.15, -0.1) is 0 Å². The molecule has 2 aromatic rings. The molecular formula is C18H24N4O5. The molecule has 9 nitrogen and oxygen atoms in total. The number of aliphatic hydroxyl groups is 1. The van der Waals surface area contributed by atoms with E-state index in [0.29, 0.717) is 38.2 Å². The maximum absolute atomic E-state index is 12.7. The molecule has 1 aliphatic heterocycles. The molecule has 3 heterocycles. The van der Waals surface area contributed by atoms with Crippen LogP contribution in [0.15, 0.2) is 38.6 Å². The van der Waals surface area contributed by atoms with Crippen LogP contribution in [0.5, 0.6) is 0 Å². The first-order valence-electron chi connectivity index (χ1n) is 8.93. The monoisotopic (exact) mass is 376 g/mol. The van der Waals surface area contributed by atoms with Crippen molar-refractivity contribution in [2.24, 2.45) is 0 Å². The van der Waals surface area contributed by atoms with Crippen molar-refractivity contribution in [2.75, 3.05) is 26.2 Å². The Morgan fingerprint density at radius 2 is 2.19 bits per heavy atom. The van der Waals surface area contributed by atoms with E-state index in [4.69, 9.17) is 4.42 Å². The number of nitrogens with one attached hydrogen (secondary N) is 1. The first-order valence-corrected chi connectivity index (χ1v) is 8.93. The molecule has 9 heteroatoms. The third kappa shape index (κ3) is 4.55. The molecule has 146 valence electrons. The lowest BCUT2D eigenvalue weighted by Crippen LogP contribution is -2.55. The van der Waals surface area contributed by atoms with Crippen molar-refractivity contribution in [3.63, 3.8) is 0 Å². The number of aliphatic hydroxyl groups excluding tert-OH is 1. The highest BCUT2D eigenvalue weighted by Gasteiger charge is 2.29. The molecule has 0 bridgehead atoms. The smallest absolute Gasteiger partial charge is 0.328 e. The number of aromatic nitrogens is 2. The molecule has 1 amide bonds. The number of H-pyrrole nitrogens is 1. The number of rotatable bonds is 6. The highest BCUT2D eigenvalue weighted by atomic mass is 16.3. The standard InChI is InChI=1S/C18H24N4O5/c1-13-9-22(18(26)19-17(13)25)12-16(24)21-6-5-20(14(10-21)4-7-23)11-15-3-2-8-27-15/h2-3,8-9,14,23H,4-7,10-12H2,1H3,(H,19,25,26)/t14-/m1/s1. The first-order chi connectivity index (χ1) is 13.0. The molecule has 0 spiro atoms. The number of aromatic amines is 1. The van der Waals surface area contributed by atoms with Gasteiger partial charge in [0.1, 0.15) is 12.3 Å². The van der Waals surface area contributed by atoms with Crippen LogP contribution in [-0.4, -0.2) is 62.6 Å². The summed E-state index contributed by atoms with van der Waals surface area (Å²) in [5.41, 5.74) is -0.663. The molecule has 1 fully saturated rings. The van der Waals surface area contributed by atoms with Crippen molar-refractivity contribution in [2.45, 2.75) is 32.5 Å². The van der Waals surface area contributed by atoms with Crippen molar-refractivity contribution in [3.8, 4) is 0 Å². The van der Waals surface area contributed by atoms with E-state index in [-0.39, 0.29) is 25.1 Å². The molecule has 0 aliphatic carbocycles. The molecule has 1 saturated heterocycles. The fourth-order valence-electron chi connectivity index (χ4n) is 3.33. The second-order valence-electron chi connectivity index (χ2n) is 6.75. The summed E-state index contributed by atoms with van der Waals surface area (Å²) >= 11 is 0. The van der Waals surface area contributed by atoms with Crippen LogP contribution in [0.3, 0.4) is 0 Å². The van der Waals surface area contributed by atoms with Gasteiger partial charge in [0.15, 0.2) is 0 Å². The van der Waals surface area contributed by atoms with Crippen molar-refractivity contribution in [1.82, 2.24) is 19.4 Å². The Hall–Kier alpha value is -2.65. The van der Waals surface area contributed by atoms with Gasteiger partial charge < -0.3 is 14.4 Å². The first kappa shape index (κ1) is 19.1. The number of hydrogen-bond donors (Lipinski definition) is 2. The van der Waals surface area contributed by atoms with Gasteiger partial charge in [0, 0.05) is 44.0 Å². The van der Waals surface area contributed by atoms with Gasteiger partial charge >= 0.3 is 5.69 Å². The molecule has 3 rings (SSSR count). The predicted molar refractivity (Wildman–Crippen MR) is 97.2 cm³/mol. The number of furan rings is 1. The highest BCUT2D eigenvalue weighted by Crippen LogP contribution is 2.17. The van der Waals surface area contributed by atoms with Crippen molar-refractivity contribution in [1.29, 1.82) is 0 Å². The Labute approximate surface area is 155 Å². The average Bonchev–Trinajstić information content (AvgIpc) is 3.14. The van der Waals surface area contributed by atoms with E-state index >= 15 is 0 Å². The van der Waals surface area contributed by atoms with Gasteiger partial charge in [-0.25, -0.2) is 4.79 Å². The lowest BCUT2D eigenvalue weighted by molar-refractivity contribution is -0.135. The summed E-state index contributed by atoms with van der Waals surface area (Å²) in [4.78, 5) is 42.1. The summed E-state index contributed by atoms with van der Waals surface area (Å²) in [6, 6.07) is 3.74. The molecule has 1 atom stereocenters. The number of carbonyl (C=O) groups excluding carboxylic acids is 1. The Kier molecular flexibility index (Phi) is 5.92. The largest absolute Gasteiger partial charge is 0.468 e. The van der Waals surface area contributed by atoms with E-state index in [1.165, 1.54) is 10.8 Å². The van der Waals surface area contributed by atoms with Gasteiger partial charge in [-0.2, -0.15) is 0 Å². The zero-order valence-electron chi connectivity index (χ0n) is 15.3. The minimum absolute atomic E-state index is 0.00633. The minimum atomic E-state index is -0.595. The van der Waals surface area contributed by atoms with Gasteiger partial charge in [0.2, 0.25) is 5.91 Å². The molecule has 27 heavy (non-hydrogen) atoms. The lowest BCUT2D eigenvalue weighted by atomic mass is 10.1. The Morgan fingerprint density at radius 3 is 2.89 bits per heavy atom. The normalized spacial score (nSPS) is 18.0. The zero-order chi connectivity index (χ0) is 19.4. The van der Waals surface area contributed by atoms with Crippen molar-refractivity contribution in [3.05, 3.63) is 56.8 Å². The average molecular weight is 376 g/mol. The van der Waals surface area contributed by atoms with E-state index in [1.54, 1.807) is 18.1 Å². The van der Waals surface area contributed by atoms with Crippen LogP contribution < -0.4 is 11.2 Å². The quantitative estimate of drug-likeness (QED) is 0.705. The predicted octanol–water partition coefficient (Wildman–Crippen LogP) is -0.467. The Bertz CT molecular complexity index is 886. The molecule has 0 radical (unpaired) electrons. The maximum Gasteiger partial charge on any atom is 0.328 e. The fourth-order valence-corrected chi connectivity index (χ4v) is 3.33. The number of nitrogens with zero attached hydrogens (tertiary/aromatic N) is 3. The third-order valence-corrected chi connectivity index (χ3v) is 4.85. The van der Waals surface area contributed by atoms with Crippen LogP contribution >= 0.6 is 0 Å². The van der Waals surface area contributed by atoms with Crippen LogP contribution in [0, 0.1) is 6.92 Å². The summed E-state index contributed by atoms with van der Waals surface area (Å²) in [5, 5.41) is 9.38. The lowest BCUT2D eigenvalue weighted by Gasteiger charge is -2.41. The number of amides is 1. The molecule has 0 saturated carbocycles. The van der Waals surface area contributed by atoms with Crippen LogP contribution in [-0.2, 0) is 17.9 Å². The molecular weight excluding hydrogens is 352 g/mol. The second kappa shape index (κ2) is 8.36. The number of carbonyl (C=O) groups is 1. The van der Waals surface area contributed by atoms with Gasteiger partial charge in [-0.3, -0.25) is 24.0 Å². The van der Waals surface area contributed by atoms with Gasteiger partial charge in [-0.05, 0) is 25.5 Å². The Balaban J connectivity index is 1.67. The zero-order valence-corrected chi connectivity index (χ0v) is 15.3. The second-order valence-corrected chi connectivity index (χ2v) is 6.75. The number of hydrogen-bond acceptors (Lipinski definition) is 6. The fraction of sp³-hybridized carbons (Fsp3) is 0.500. The van der Waals surface area contributed by atoms with E-state index in [1.807, 2.05) is 12.1 Å². The minimum Gasteiger partial charge on any atom is -0.468 e. The third-order valence-electron chi connectivity index (χ3n) is 4.85. The SMILES string of the molecule is Cc1cn(CC(=O)N2CCN(Cc3ccco3)[C@H](CCO)C2)c(=O)[nH]c1=O. The van der Waals surface area contributed by atoms with E-state index in [0.717, 1.165) is 5.76 Å². The van der Waals surface area contributed by atoms with Crippen molar-refractivity contribution < 1.29 is 14.3 Å². The highest BCUT2D eigenvalue weighted by molar-refractivity contribution is 5.76. The summed E-state index contributed by atoms with van der Waals surface area (Å²) < 4.78 is 6.62. The maximum atomic E-state index is 12.7. The summed E-state index contributed by atoms with van der Waals surface area (Å²) in [6.45, 7) is 3.76. The van der Waals surface area contributed by atoms with Crippen LogP contribution in [0.1, 0.15) is 17.7 Å². The van der Waals surface area contributed by atoms with Gasteiger partial charge in [0.05, 0.1) is 12.8 Å². The van der Waals surface area contributed by atoms with Crippen LogP contribution in [0.4, 0.5) is 0 Å². The molecule has 2 N–H and O–H groups in total. The summed E-state index contributed by atoms with van der Waals surface area (Å²) in [5.74, 6) is 0.650. The Morgan fingerprint density at radius 1 is 1.37 bits per heavy atom. The molecule has 0 unspecified atom stereocenters. The van der Waals surface area contributed by atoms with Gasteiger partial charge in [0.25, 0.3) is 5.56 Å². The molecule has 0 aromatic carbocycles. The number of piperazine rings is 1. The van der Waals surface area contributed by atoms with E-state index in [2.05, 4.69) is 9.88 Å². The molecule has 2 aromatic heterocycles. The van der Waals surface area contributed by atoms with Gasteiger partial charge in [-0.1, -0.05) is 0 Å². The number of aryl methyl sites for hydroxylation is 1. The molecule has 1 aliphatic rings. The van der Waals surface area contributed by atoms with Crippen molar-refractivity contribution >= 4 is 5.91 Å². The van der Waals surface area contributed by atoms with Crippen LogP contribution in [0.25, 0.3) is 0 Å². The van der Waals surface area contributed by atoms with E-state index in [9.17, 15) is 19.5 Å².